The smallest absolute Gasteiger partial charge is 0.410 e. The summed E-state index contributed by atoms with van der Waals surface area (Å²) in [6, 6.07) is 11.7. The van der Waals surface area contributed by atoms with Crippen molar-refractivity contribution in [1.29, 1.82) is 0 Å². The highest BCUT2D eigenvalue weighted by Gasteiger charge is 2.22. The molecular weight excluding hydrogens is 430 g/mol. The van der Waals surface area contributed by atoms with Crippen LogP contribution < -0.4 is 5.32 Å². The zero-order chi connectivity index (χ0) is 24.7. The average molecular weight is 464 g/mol. The van der Waals surface area contributed by atoms with Gasteiger partial charge in [-0.3, -0.25) is 9.78 Å². The van der Waals surface area contributed by atoms with Crippen molar-refractivity contribution in [2.45, 2.75) is 53.2 Å². The zero-order valence-electron chi connectivity index (χ0n) is 20.5. The van der Waals surface area contributed by atoms with E-state index < -0.39 is 11.7 Å². The molecule has 0 bridgehead atoms. The predicted molar refractivity (Wildman–Crippen MR) is 131 cm³/mol. The number of carbonyl (C=O) groups is 2. The number of nitrogens with one attached hydrogen (secondary N) is 1. The number of aryl methyl sites for hydroxylation is 1. The van der Waals surface area contributed by atoms with Gasteiger partial charge in [0, 0.05) is 25.5 Å². The number of ether oxygens (including phenoxy) is 1. The van der Waals surface area contributed by atoms with Crippen LogP contribution in [0.5, 0.6) is 0 Å². The van der Waals surface area contributed by atoms with Crippen LogP contribution in [0, 0.1) is 13.8 Å². The number of hydrogen-bond donors (Lipinski definition) is 1. The third-order valence-electron chi connectivity index (χ3n) is 5.24. The van der Waals surface area contributed by atoms with Crippen LogP contribution in [0.4, 0.5) is 4.79 Å². The van der Waals surface area contributed by atoms with Crippen LogP contribution in [0.2, 0.25) is 0 Å². The average Bonchev–Trinajstić information content (AvgIpc) is 3.16. The first-order valence-electron chi connectivity index (χ1n) is 11.4. The molecule has 0 unspecified atom stereocenters. The van der Waals surface area contributed by atoms with Gasteiger partial charge in [0.05, 0.1) is 29.7 Å². The van der Waals surface area contributed by atoms with Crippen molar-refractivity contribution in [2.24, 2.45) is 0 Å². The van der Waals surface area contributed by atoms with E-state index in [9.17, 15) is 9.59 Å². The molecule has 0 atom stereocenters. The molecule has 2 amide bonds. The van der Waals surface area contributed by atoms with E-state index >= 15 is 0 Å². The van der Waals surface area contributed by atoms with Gasteiger partial charge in [-0.1, -0.05) is 24.3 Å². The van der Waals surface area contributed by atoms with Crippen molar-refractivity contribution in [3.63, 3.8) is 0 Å². The molecule has 34 heavy (non-hydrogen) atoms. The van der Waals surface area contributed by atoms with Gasteiger partial charge < -0.3 is 15.0 Å². The van der Waals surface area contributed by atoms with E-state index in [0.717, 1.165) is 22.5 Å². The second-order valence-corrected chi connectivity index (χ2v) is 9.21. The van der Waals surface area contributed by atoms with Gasteiger partial charge >= 0.3 is 6.09 Å². The van der Waals surface area contributed by atoms with Crippen molar-refractivity contribution in [3.8, 4) is 5.69 Å². The topological polar surface area (TPSA) is 89.4 Å². The minimum atomic E-state index is -0.590. The van der Waals surface area contributed by atoms with E-state index in [4.69, 9.17) is 4.74 Å². The Morgan fingerprint density at radius 3 is 2.53 bits per heavy atom. The number of pyridine rings is 1. The normalized spacial score (nSPS) is 11.2. The Morgan fingerprint density at radius 1 is 1.09 bits per heavy atom. The molecule has 8 nitrogen and oxygen atoms in total. The molecule has 0 spiro atoms. The molecule has 3 rings (SSSR count). The molecule has 0 saturated carbocycles. The summed E-state index contributed by atoms with van der Waals surface area (Å²) in [4.78, 5) is 31.2. The van der Waals surface area contributed by atoms with Crippen molar-refractivity contribution >= 4 is 12.0 Å². The molecule has 0 fully saturated rings. The Balaban J connectivity index is 1.59. The summed E-state index contributed by atoms with van der Waals surface area (Å²) in [5.41, 5.74) is 3.66. The van der Waals surface area contributed by atoms with Gasteiger partial charge in [-0.05, 0) is 64.3 Å². The third-order valence-corrected chi connectivity index (χ3v) is 5.24. The molecule has 1 N–H and O–H groups in total. The summed E-state index contributed by atoms with van der Waals surface area (Å²) in [7, 11) is 0. The SMILES string of the molecule is Cc1ccccc1-n1ncc(C(=O)NCCCN(Cc2cccnc2)C(=O)OC(C)(C)C)c1C. The van der Waals surface area contributed by atoms with E-state index in [1.165, 1.54) is 0 Å². The number of hydrogen-bond acceptors (Lipinski definition) is 5. The lowest BCUT2D eigenvalue weighted by molar-refractivity contribution is 0.0232. The molecule has 3 aromatic rings. The van der Waals surface area contributed by atoms with E-state index in [1.807, 2.05) is 71.0 Å². The van der Waals surface area contributed by atoms with Gasteiger partial charge in [0.2, 0.25) is 0 Å². The van der Waals surface area contributed by atoms with Crippen LogP contribution in [-0.2, 0) is 11.3 Å². The van der Waals surface area contributed by atoms with Gasteiger partial charge in [0.25, 0.3) is 5.91 Å². The van der Waals surface area contributed by atoms with Gasteiger partial charge in [-0.25, -0.2) is 9.48 Å². The number of nitrogens with zero attached hydrogens (tertiary/aromatic N) is 4. The highest BCUT2D eigenvalue weighted by molar-refractivity contribution is 5.95. The highest BCUT2D eigenvalue weighted by atomic mass is 16.6. The lowest BCUT2D eigenvalue weighted by Crippen LogP contribution is -2.38. The zero-order valence-corrected chi connectivity index (χ0v) is 20.5. The predicted octanol–water partition coefficient (Wildman–Crippen LogP) is 4.44. The van der Waals surface area contributed by atoms with Crippen molar-refractivity contribution in [2.75, 3.05) is 13.1 Å². The second-order valence-electron chi connectivity index (χ2n) is 9.21. The fourth-order valence-corrected chi connectivity index (χ4v) is 3.52. The van der Waals surface area contributed by atoms with Gasteiger partial charge in [0.15, 0.2) is 0 Å². The molecule has 0 aliphatic heterocycles. The number of aromatic nitrogens is 3. The fourth-order valence-electron chi connectivity index (χ4n) is 3.52. The number of carbonyl (C=O) groups excluding carboxylic acids is 2. The molecule has 0 radical (unpaired) electrons. The number of benzene rings is 1. The van der Waals surface area contributed by atoms with E-state index in [1.54, 1.807) is 28.2 Å². The maximum Gasteiger partial charge on any atom is 0.410 e. The van der Waals surface area contributed by atoms with Crippen LogP contribution in [-0.4, -0.2) is 50.4 Å². The molecule has 2 heterocycles. The number of amides is 2. The summed E-state index contributed by atoms with van der Waals surface area (Å²) >= 11 is 0. The Bertz CT molecular complexity index is 1120. The second kappa shape index (κ2) is 11.0. The van der Waals surface area contributed by atoms with Crippen molar-refractivity contribution < 1.29 is 14.3 Å². The molecular formula is C26H33N5O3. The Hall–Kier alpha value is -3.68. The molecule has 180 valence electrons. The monoisotopic (exact) mass is 463 g/mol. The molecule has 1 aromatic carbocycles. The first kappa shape index (κ1) is 25.0. The standard InChI is InChI=1S/C26H33N5O3/c1-19-10-6-7-12-23(19)31-20(2)22(17-29-31)24(32)28-14-9-15-30(25(33)34-26(3,4)5)18-21-11-8-13-27-16-21/h6-8,10-13,16-17H,9,14-15,18H2,1-5H3,(H,28,32). The molecule has 8 heteroatoms. The van der Waals surface area contributed by atoms with Crippen LogP contribution in [0.15, 0.2) is 55.0 Å². The van der Waals surface area contributed by atoms with Gasteiger partial charge in [-0.15, -0.1) is 0 Å². The van der Waals surface area contributed by atoms with Crippen LogP contribution in [0.25, 0.3) is 5.69 Å². The summed E-state index contributed by atoms with van der Waals surface area (Å²) in [5.74, 6) is -0.187. The first-order valence-corrected chi connectivity index (χ1v) is 11.4. The van der Waals surface area contributed by atoms with Crippen LogP contribution in [0.1, 0.15) is 54.4 Å². The first-order chi connectivity index (χ1) is 16.2. The minimum Gasteiger partial charge on any atom is -0.444 e. The molecule has 0 aliphatic carbocycles. The number of rotatable bonds is 8. The van der Waals surface area contributed by atoms with E-state index in [2.05, 4.69) is 15.4 Å². The Labute approximate surface area is 200 Å². The highest BCUT2D eigenvalue weighted by Crippen LogP contribution is 2.17. The lowest BCUT2D eigenvalue weighted by Gasteiger charge is -2.27. The van der Waals surface area contributed by atoms with Crippen LogP contribution >= 0.6 is 0 Å². The minimum absolute atomic E-state index is 0.187. The third kappa shape index (κ3) is 6.66. The molecule has 0 aliphatic rings. The van der Waals surface area contributed by atoms with Crippen LogP contribution in [0.3, 0.4) is 0 Å². The van der Waals surface area contributed by atoms with Gasteiger partial charge in [0.1, 0.15) is 5.60 Å². The largest absolute Gasteiger partial charge is 0.444 e. The summed E-state index contributed by atoms with van der Waals surface area (Å²) in [6.07, 6.45) is 5.20. The maximum atomic E-state index is 12.8. The molecule has 2 aromatic heterocycles. The summed E-state index contributed by atoms with van der Waals surface area (Å²) < 4.78 is 7.34. The molecule has 0 saturated heterocycles. The van der Waals surface area contributed by atoms with E-state index in [0.29, 0.717) is 31.6 Å². The quantitative estimate of drug-likeness (QED) is 0.499. The van der Waals surface area contributed by atoms with Crippen molar-refractivity contribution in [1.82, 2.24) is 25.0 Å². The summed E-state index contributed by atoms with van der Waals surface area (Å²) in [5, 5.41) is 7.35. The Morgan fingerprint density at radius 2 is 1.85 bits per heavy atom. The fraction of sp³-hybridized carbons (Fsp3) is 0.385. The Kier molecular flexibility index (Phi) is 8.04. The maximum absolute atomic E-state index is 12.8. The number of para-hydroxylation sites is 1. The summed E-state index contributed by atoms with van der Waals surface area (Å²) in [6.45, 7) is 10.7. The van der Waals surface area contributed by atoms with Gasteiger partial charge in [-0.2, -0.15) is 5.10 Å². The van der Waals surface area contributed by atoms with E-state index in [-0.39, 0.29) is 5.91 Å². The van der Waals surface area contributed by atoms with Crippen molar-refractivity contribution in [3.05, 3.63) is 77.4 Å². The lowest BCUT2D eigenvalue weighted by atomic mass is 10.2.